The van der Waals surface area contributed by atoms with Crippen molar-refractivity contribution < 1.29 is 9.59 Å². The molecule has 2 aliphatic heterocycles. The van der Waals surface area contributed by atoms with E-state index in [1.165, 1.54) is 30.6 Å². The van der Waals surface area contributed by atoms with Gasteiger partial charge in [-0.15, -0.1) is 11.3 Å². The Morgan fingerprint density at radius 1 is 1.11 bits per heavy atom. The second-order valence-corrected chi connectivity index (χ2v) is 8.85. The summed E-state index contributed by atoms with van der Waals surface area (Å²) in [5.74, 6) is 0.554. The summed E-state index contributed by atoms with van der Waals surface area (Å²) in [6, 6.07) is 0.150. The minimum absolute atomic E-state index is 0.0107. The van der Waals surface area contributed by atoms with Gasteiger partial charge >= 0.3 is 0 Å². The monoisotopic (exact) mass is 390 g/mol. The molecule has 1 aliphatic carbocycles. The first-order valence-corrected chi connectivity index (χ1v) is 11.4. The molecule has 3 aliphatic rings. The van der Waals surface area contributed by atoms with E-state index in [9.17, 15) is 9.59 Å². The summed E-state index contributed by atoms with van der Waals surface area (Å²) >= 11 is 1.45. The summed E-state index contributed by atoms with van der Waals surface area (Å²) in [7, 11) is 0. The summed E-state index contributed by atoms with van der Waals surface area (Å²) in [6.45, 7) is 5.50. The van der Waals surface area contributed by atoms with Crippen LogP contribution < -0.4 is 0 Å². The first kappa shape index (κ1) is 18.9. The molecule has 4 rings (SSSR count). The summed E-state index contributed by atoms with van der Waals surface area (Å²) in [6.07, 6.45) is 7.75. The van der Waals surface area contributed by atoms with Gasteiger partial charge in [0.2, 0.25) is 5.91 Å². The van der Waals surface area contributed by atoms with E-state index in [0.717, 1.165) is 58.4 Å². The molecule has 148 valence electrons. The van der Waals surface area contributed by atoms with Crippen LogP contribution in [0.4, 0.5) is 0 Å². The lowest BCUT2D eigenvalue weighted by Crippen LogP contribution is -2.55. The minimum atomic E-state index is 0.0107. The Hall–Kier alpha value is -1.47. The van der Waals surface area contributed by atoms with Crippen LogP contribution in [-0.4, -0.2) is 76.8 Å². The van der Waals surface area contributed by atoms with E-state index in [-0.39, 0.29) is 17.9 Å². The molecular formula is C20H30N4O2S. The number of likely N-dealkylation sites (tertiary alicyclic amines) is 2. The van der Waals surface area contributed by atoms with Crippen LogP contribution in [0.5, 0.6) is 0 Å². The Morgan fingerprint density at radius 2 is 1.93 bits per heavy atom. The average Bonchev–Trinajstić information content (AvgIpc) is 3.34. The zero-order valence-corrected chi connectivity index (χ0v) is 16.8. The fourth-order valence-electron chi connectivity index (χ4n) is 4.49. The number of nitrogens with zero attached hydrogens (tertiary/aromatic N) is 4. The van der Waals surface area contributed by atoms with E-state index in [1.807, 2.05) is 10.3 Å². The molecule has 7 heteroatoms. The molecule has 1 aromatic rings. The lowest BCUT2D eigenvalue weighted by molar-refractivity contribution is -0.141. The van der Waals surface area contributed by atoms with Crippen LogP contribution in [-0.2, 0) is 4.79 Å². The third-order valence-corrected chi connectivity index (χ3v) is 6.96. The van der Waals surface area contributed by atoms with Crippen LogP contribution in [0.3, 0.4) is 0 Å². The van der Waals surface area contributed by atoms with Crippen molar-refractivity contribution in [1.82, 2.24) is 19.7 Å². The van der Waals surface area contributed by atoms with Gasteiger partial charge in [0.15, 0.2) is 0 Å². The molecule has 0 aromatic carbocycles. The summed E-state index contributed by atoms with van der Waals surface area (Å²) in [4.78, 5) is 36.5. The van der Waals surface area contributed by atoms with E-state index in [1.54, 1.807) is 5.51 Å². The van der Waals surface area contributed by atoms with Gasteiger partial charge in [0, 0.05) is 43.5 Å². The standard InChI is InChI=1S/C20H30N4O2S/c25-19(16-5-3-6-16)24(12-11-22-8-1-2-9-22)17-7-4-10-23(13-17)20(26)18-14-27-15-21-18/h14-17H,1-13H2. The van der Waals surface area contributed by atoms with Gasteiger partial charge in [-0.3, -0.25) is 9.59 Å². The molecule has 3 fully saturated rings. The Labute approximate surface area is 165 Å². The maximum absolute atomic E-state index is 13.1. The summed E-state index contributed by atoms with van der Waals surface area (Å²) < 4.78 is 0. The fraction of sp³-hybridized carbons (Fsp3) is 0.750. The van der Waals surface area contributed by atoms with Gasteiger partial charge in [-0.05, 0) is 51.6 Å². The zero-order chi connectivity index (χ0) is 18.6. The number of rotatable bonds is 6. The van der Waals surface area contributed by atoms with Gasteiger partial charge in [-0.25, -0.2) is 4.98 Å². The highest BCUT2D eigenvalue weighted by molar-refractivity contribution is 7.07. The van der Waals surface area contributed by atoms with E-state index >= 15 is 0 Å². The molecule has 0 N–H and O–H groups in total. The summed E-state index contributed by atoms with van der Waals surface area (Å²) in [5.41, 5.74) is 2.24. The Morgan fingerprint density at radius 3 is 2.59 bits per heavy atom. The number of carbonyl (C=O) groups is 2. The lowest BCUT2D eigenvalue weighted by Gasteiger charge is -2.42. The van der Waals surface area contributed by atoms with Crippen molar-refractivity contribution in [2.45, 2.75) is 51.0 Å². The van der Waals surface area contributed by atoms with E-state index < -0.39 is 0 Å². The molecule has 0 radical (unpaired) electrons. The van der Waals surface area contributed by atoms with Gasteiger partial charge in [0.1, 0.15) is 5.69 Å². The van der Waals surface area contributed by atoms with Crippen molar-refractivity contribution in [2.75, 3.05) is 39.3 Å². The molecule has 2 saturated heterocycles. The lowest BCUT2D eigenvalue weighted by atomic mass is 9.83. The maximum atomic E-state index is 13.1. The number of piperidine rings is 1. The Balaban J connectivity index is 1.42. The summed E-state index contributed by atoms with van der Waals surface area (Å²) in [5, 5.41) is 1.82. The third-order valence-electron chi connectivity index (χ3n) is 6.37. The highest BCUT2D eigenvalue weighted by Gasteiger charge is 2.36. The normalized spacial score (nSPS) is 24.0. The van der Waals surface area contributed by atoms with Crippen LogP contribution in [0.2, 0.25) is 0 Å². The van der Waals surface area contributed by atoms with Gasteiger partial charge < -0.3 is 14.7 Å². The second kappa shape index (κ2) is 8.69. The van der Waals surface area contributed by atoms with E-state index in [0.29, 0.717) is 18.1 Å². The van der Waals surface area contributed by atoms with Crippen molar-refractivity contribution in [3.63, 3.8) is 0 Å². The predicted octanol–water partition coefficient (Wildman–Crippen LogP) is 2.47. The number of amides is 2. The number of aromatic nitrogens is 1. The maximum Gasteiger partial charge on any atom is 0.273 e. The number of hydrogen-bond acceptors (Lipinski definition) is 5. The van der Waals surface area contributed by atoms with Crippen molar-refractivity contribution >= 4 is 23.2 Å². The van der Waals surface area contributed by atoms with Crippen LogP contribution in [0.25, 0.3) is 0 Å². The Kier molecular flexibility index (Phi) is 6.08. The quantitative estimate of drug-likeness (QED) is 0.749. The van der Waals surface area contributed by atoms with E-state index in [2.05, 4.69) is 14.8 Å². The van der Waals surface area contributed by atoms with Crippen LogP contribution in [0, 0.1) is 5.92 Å². The van der Waals surface area contributed by atoms with Crippen molar-refractivity contribution in [3.8, 4) is 0 Å². The van der Waals surface area contributed by atoms with Crippen LogP contribution >= 0.6 is 11.3 Å². The van der Waals surface area contributed by atoms with Crippen molar-refractivity contribution in [2.24, 2.45) is 5.92 Å². The van der Waals surface area contributed by atoms with Gasteiger partial charge in [0.05, 0.1) is 5.51 Å². The third kappa shape index (κ3) is 4.35. The number of thiazole rings is 1. The fourth-order valence-corrected chi connectivity index (χ4v) is 5.02. The first-order chi connectivity index (χ1) is 13.2. The second-order valence-electron chi connectivity index (χ2n) is 8.13. The Bertz CT molecular complexity index is 640. The number of hydrogen-bond donors (Lipinski definition) is 0. The zero-order valence-electron chi connectivity index (χ0n) is 16.0. The molecule has 3 heterocycles. The molecule has 1 saturated carbocycles. The van der Waals surface area contributed by atoms with Gasteiger partial charge in [-0.2, -0.15) is 0 Å². The minimum Gasteiger partial charge on any atom is -0.336 e. The smallest absolute Gasteiger partial charge is 0.273 e. The highest BCUT2D eigenvalue weighted by atomic mass is 32.1. The average molecular weight is 391 g/mol. The molecule has 1 aromatic heterocycles. The molecular weight excluding hydrogens is 360 g/mol. The van der Waals surface area contributed by atoms with Crippen LogP contribution in [0.1, 0.15) is 55.4 Å². The predicted molar refractivity (Wildman–Crippen MR) is 106 cm³/mol. The van der Waals surface area contributed by atoms with Crippen molar-refractivity contribution in [1.29, 1.82) is 0 Å². The van der Waals surface area contributed by atoms with E-state index in [4.69, 9.17) is 0 Å². The molecule has 0 spiro atoms. The van der Waals surface area contributed by atoms with Gasteiger partial charge in [-0.1, -0.05) is 6.42 Å². The topological polar surface area (TPSA) is 56.8 Å². The van der Waals surface area contributed by atoms with Crippen molar-refractivity contribution in [3.05, 3.63) is 16.6 Å². The van der Waals surface area contributed by atoms with Crippen LogP contribution in [0.15, 0.2) is 10.9 Å². The molecule has 6 nitrogen and oxygen atoms in total. The molecule has 2 amide bonds. The molecule has 27 heavy (non-hydrogen) atoms. The molecule has 1 unspecified atom stereocenters. The molecule has 0 bridgehead atoms. The largest absolute Gasteiger partial charge is 0.336 e. The first-order valence-electron chi connectivity index (χ1n) is 10.4. The molecule has 1 atom stereocenters. The van der Waals surface area contributed by atoms with Gasteiger partial charge in [0.25, 0.3) is 5.91 Å². The number of carbonyl (C=O) groups excluding carboxylic acids is 2. The SMILES string of the molecule is O=C(c1cscn1)N1CCCC(N(CCN2CCCC2)C(=O)C2CCC2)C1. The highest BCUT2D eigenvalue weighted by Crippen LogP contribution is 2.30.